The normalized spacial score (nSPS) is 19.0. The lowest BCUT2D eigenvalue weighted by atomic mass is 10.1. The summed E-state index contributed by atoms with van der Waals surface area (Å²) >= 11 is 5.69. The van der Waals surface area contributed by atoms with E-state index in [1.54, 1.807) is 4.90 Å². The van der Waals surface area contributed by atoms with E-state index in [-0.39, 0.29) is 12.3 Å². The van der Waals surface area contributed by atoms with E-state index in [4.69, 9.17) is 11.6 Å². The zero-order valence-corrected chi connectivity index (χ0v) is 12.3. The molecule has 21 heavy (non-hydrogen) atoms. The molecule has 0 saturated carbocycles. The molecule has 1 aliphatic heterocycles. The molecule has 1 aromatic rings. The lowest BCUT2D eigenvalue weighted by Gasteiger charge is -2.16. The highest BCUT2D eigenvalue weighted by Crippen LogP contribution is 2.29. The maximum Gasteiger partial charge on any atom is 0.416 e. The third-order valence-corrected chi connectivity index (χ3v) is 4.01. The van der Waals surface area contributed by atoms with Crippen molar-refractivity contribution in [3.63, 3.8) is 0 Å². The molecule has 1 aromatic carbocycles. The van der Waals surface area contributed by atoms with Crippen molar-refractivity contribution in [1.82, 2.24) is 4.90 Å². The van der Waals surface area contributed by atoms with E-state index >= 15 is 0 Å². The van der Waals surface area contributed by atoms with Crippen LogP contribution in [0.25, 0.3) is 0 Å². The molecular formula is C15H17ClF3NO. The summed E-state index contributed by atoms with van der Waals surface area (Å²) < 4.78 is 37.4. The number of hydrogen-bond donors (Lipinski definition) is 0. The van der Waals surface area contributed by atoms with Gasteiger partial charge in [0.25, 0.3) is 0 Å². The molecule has 116 valence electrons. The van der Waals surface area contributed by atoms with Gasteiger partial charge in [-0.25, -0.2) is 0 Å². The first-order chi connectivity index (χ1) is 9.90. The van der Waals surface area contributed by atoms with Crippen molar-refractivity contribution in [2.75, 3.05) is 19.0 Å². The topological polar surface area (TPSA) is 20.3 Å². The van der Waals surface area contributed by atoms with Crippen molar-refractivity contribution in [2.24, 2.45) is 5.92 Å². The number of rotatable bonds is 4. The Morgan fingerprint density at radius 2 is 1.95 bits per heavy atom. The van der Waals surface area contributed by atoms with Crippen molar-refractivity contribution >= 4 is 17.5 Å². The van der Waals surface area contributed by atoms with Crippen molar-refractivity contribution in [3.05, 3.63) is 35.4 Å². The summed E-state index contributed by atoms with van der Waals surface area (Å²) in [6, 6.07) is 4.77. The highest BCUT2D eigenvalue weighted by molar-refractivity contribution is 6.17. The Hall–Kier alpha value is -1.23. The summed E-state index contributed by atoms with van der Waals surface area (Å²) in [5.41, 5.74) is -0.0872. The molecule has 0 aliphatic carbocycles. The number of carbonyl (C=O) groups is 1. The zero-order valence-electron chi connectivity index (χ0n) is 11.5. The molecule has 2 nitrogen and oxygen atoms in total. The molecule has 1 unspecified atom stereocenters. The minimum atomic E-state index is -4.34. The van der Waals surface area contributed by atoms with Crippen LogP contribution in [-0.4, -0.2) is 29.8 Å². The van der Waals surface area contributed by atoms with Gasteiger partial charge in [0.2, 0.25) is 5.91 Å². The summed E-state index contributed by atoms with van der Waals surface area (Å²) in [6.45, 7) is 1.41. The Balaban J connectivity index is 1.91. The lowest BCUT2D eigenvalue weighted by Crippen LogP contribution is -2.30. The molecule has 1 atom stereocenters. The van der Waals surface area contributed by atoms with E-state index in [9.17, 15) is 18.0 Å². The fourth-order valence-corrected chi connectivity index (χ4v) is 2.86. The first kappa shape index (κ1) is 16.1. The van der Waals surface area contributed by atoms with Crippen LogP contribution in [0.4, 0.5) is 13.2 Å². The molecule has 0 spiro atoms. The molecule has 6 heteroatoms. The first-order valence-electron chi connectivity index (χ1n) is 6.90. The summed E-state index contributed by atoms with van der Waals surface area (Å²) in [7, 11) is 0. The van der Waals surface area contributed by atoms with Gasteiger partial charge < -0.3 is 4.90 Å². The monoisotopic (exact) mass is 319 g/mol. The molecule has 1 heterocycles. The molecule has 0 radical (unpaired) electrons. The Labute approximate surface area is 126 Å². The quantitative estimate of drug-likeness (QED) is 0.774. The van der Waals surface area contributed by atoms with Gasteiger partial charge >= 0.3 is 6.18 Å². The minimum absolute atomic E-state index is 0.0353. The molecule has 1 saturated heterocycles. The van der Waals surface area contributed by atoms with E-state index in [0.29, 0.717) is 30.5 Å². The fraction of sp³-hybridized carbons (Fsp3) is 0.533. The Bertz CT molecular complexity index is 487. The van der Waals surface area contributed by atoms with Crippen LogP contribution in [0.5, 0.6) is 0 Å². The van der Waals surface area contributed by atoms with Crippen LogP contribution in [0.3, 0.4) is 0 Å². The van der Waals surface area contributed by atoms with Crippen LogP contribution in [0.2, 0.25) is 0 Å². The molecule has 1 amide bonds. The standard InChI is InChI=1S/C15H17ClF3NO/c16-7-5-12-6-8-20(10-12)14(21)9-11-1-3-13(4-2-11)15(17,18)19/h1-4,12H,5-10H2. The number of carbonyl (C=O) groups excluding carboxylic acids is 1. The van der Waals surface area contributed by atoms with Gasteiger partial charge in [0.1, 0.15) is 0 Å². The van der Waals surface area contributed by atoms with E-state index in [1.807, 2.05) is 0 Å². The number of halogens is 4. The van der Waals surface area contributed by atoms with Gasteiger partial charge in [-0.3, -0.25) is 4.79 Å². The van der Waals surface area contributed by atoms with Gasteiger partial charge in [0, 0.05) is 19.0 Å². The number of alkyl halides is 4. The fourth-order valence-electron chi connectivity index (χ4n) is 2.55. The molecule has 0 aromatic heterocycles. The van der Waals surface area contributed by atoms with Gasteiger partial charge in [-0.1, -0.05) is 12.1 Å². The van der Waals surface area contributed by atoms with Crippen molar-refractivity contribution in [1.29, 1.82) is 0 Å². The third-order valence-electron chi connectivity index (χ3n) is 3.79. The predicted octanol–water partition coefficient (Wildman–Crippen LogP) is 3.73. The average Bonchev–Trinajstić information content (AvgIpc) is 2.87. The van der Waals surface area contributed by atoms with Crippen molar-refractivity contribution < 1.29 is 18.0 Å². The summed E-state index contributed by atoms with van der Waals surface area (Å²) in [5, 5.41) is 0. The Kier molecular flexibility index (Phi) is 5.14. The van der Waals surface area contributed by atoms with Crippen molar-refractivity contribution in [3.8, 4) is 0 Å². The van der Waals surface area contributed by atoms with Gasteiger partial charge in [-0.05, 0) is 36.5 Å². The van der Waals surface area contributed by atoms with Gasteiger partial charge in [0.15, 0.2) is 0 Å². The largest absolute Gasteiger partial charge is 0.416 e. The molecule has 1 fully saturated rings. The second-order valence-electron chi connectivity index (χ2n) is 5.34. The van der Waals surface area contributed by atoms with Crippen molar-refractivity contribution in [2.45, 2.75) is 25.4 Å². The van der Waals surface area contributed by atoms with Crippen LogP contribution in [0.15, 0.2) is 24.3 Å². The van der Waals surface area contributed by atoms with Crippen LogP contribution in [0.1, 0.15) is 24.0 Å². The highest BCUT2D eigenvalue weighted by Gasteiger charge is 2.30. The van der Waals surface area contributed by atoms with Crippen LogP contribution in [-0.2, 0) is 17.4 Å². The number of amides is 1. The molecule has 1 aliphatic rings. The van der Waals surface area contributed by atoms with Crippen LogP contribution >= 0.6 is 11.6 Å². The molecule has 0 bridgehead atoms. The number of nitrogens with zero attached hydrogens (tertiary/aromatic N) is 1. The van der Waals surface area contributed by atoms with E-state index in [2.05, 4.69) is 0 Å². The first-order valence-corrected chi connectivity index (χ1v) is 7.43. The second-order valence-corrected chi connectivity index (χ2v) is 5.72. The van der Waals surface area contributed by atoms with Crippen LogP contribution in [0, 0.1) is 5.92 Å². The summed E-state index contributed by atoms with van der Waals surface area (Å²) in [4.78, 5) is 13.9. The second kappa shape index (κ2) is 6.69. The predicted molar refractivity (Wildman–Crippen MR) is 75.2 cm³/mol. The molecule has 2 rings (SSSR count). The van der Waals surface area contributed by atoms with Crippen LogP contribution < -0.4 is 0 Å². The molecular weight excluding hydrogens is 303 g/mol. The zero-order chi connectivity index (χ0) is 15.5. The van der Waals surface area contributed by atoms with Gasteiger partial charge in [0.05, 0.1) is 12.0 Å². The smallest absolute Gasteiger partial charge is 0.342 e. The number of benzene rings is 1. The summed E-state index contributed by atoms with van der Waals surface area (Å²) in [6.07, 6.45) is -2.35. The number of hydrogen-bond acceptors (Lipinski definition) is 1. The average molecular weight is 320 g/mol. The third kappa shape index (κ3) is 4.37. The van der Waals surface area contributed by atoms with Gasteiger partial charge in [-0.2, -0.15) is 13.2 Å². The van der Waals surface area contributed by atoms with E-state index < -0.39 is 11.7 Å². The molecule has 0 N–H and O–H groups in total. The minimum Gasteiger partial charge on any atom is -0.342 e. The lowest BCUT2D eigenvalue weighted by molar-refractivity contribution is -0.137. The van der Waals surface area contributed by atoms with E-state index in [1.165, 1.54) is 12.1 Å². The number of likely N-dealkylation sites (tertiary alicyclic amines) is 1. The maximum absolute atomic E-state index is 12.5. The SMILES string of the molecule is O=C(Cc1ccc(C(F)(F)F)cc1)N1CCC(CCCl)C1. The summed E-state index contributed by atoms with van der Waals surface area (Å²) in [5.74, 6) is 0.997. The Morgan fingerprint density at radius 3 is 2.52 bits per heavy atom. The van der Waals surface area contributed by atoms with E-state index in [0.717, 1.165) is 25.0 Å². The maximum atomic E-state index is 12.5. The Morgan fingerprint density at radius 1 is 1.29 bits per heavy atom. The highest BCUT2D eigenvalue weighted by atomic mass is 35.5. The van der Waals surface area contributed by atoms with Gasteiger partial charge in [-0.15, -0.1) is 11.6 Å².